The second kappa shape index (κ2) is 7.73. The molecule has 0 aliphatic carbocycles. The second-order valence-electron chi connectivity index (χ2n) is 4.59. The van der Waals surface area contributed by atoms with Gasteiger partial charge >= 0.3 is 0 Å². The molecule has 3 nitrogen and oxygen atoms in total. The summed E-state index contributed by atoms with van der Waals surface area (Å²) in [5.74, 6) is -0.0968. The maximum absolute atomic E-state index is 12.5. The van der Waals surface area contributed by atoms with E-state index in [1.54, 1.807) is 0 Å². The normalized spacial score (nSPS) is 10.4. The van der Waals surface area contributed by atoms with E-state index in [2.05, 4.69) is 42.5 Å². The van der Waals surface area contributed by atoms with Crippen LogP contribution in [0.3, 0.4) is 0 Å². The zero-order chi connectivity index (χ0) is 15.2. The molecule has 0 unspecified atom stereocenters. The molecule has 2 aromatic carbocycles. The van der Waals surface area contributed by atoms with Gasteiger partial charge in [-0.1, -0.05) is 34.1 Å². The van der Waals surface area contributed by atoms with Crippen molar-refractivity contribution in [3.63, 3.8) is 0 Å². The first-order valence-electron chi connectivity index (χ1n) is 6.60. The third kappa shape index (κ3) is 4.40. The van der Waals surface area contributed by atoms with E-state index in [4.69, 9.17) is 0 Å². The fourth-order valence-corrected chi connectivity index (χ4v) is 2.71. The van der Waals surface area contributed by atoms with Gasteiger partial charge in [-0.2, -0.15) is 0 Å². The highest BCUT2D eigenvalue weighted by atomic mass is 79.9. The molecule has 5 heteroatoms. The molecule has 0 aromatic heterocycles. The van der Waals surface area contributed by atoms with Crippen molar-refractivity contribution in [2.75, 3.05) is 18.9 Å². The number of nitrogens with one attached hydrogen (secondary N) is 2. The molecule has 2 rings (SSSR count). The monoisotopic (exact) mass is 410 g/mol. The van der Waals surface area contributed by atoms with Crippen molar-refractivity contribution in [1.82, 2.24) is 5.32 Å². The Bertz CT molecular complexity index is 644. The predicted molar refractivity (Wildman–Crippen MR) is 93.9 cm³/mol. The molecule has 0 saturated carbocycles. The minimum atomic E-state index is -0.0968. The van der Waals surface area contributed by atoms with Crippen molar-refractivity contribution in [1.29, 1.82) is 0 Å². The number of carbonyl (C=O) groups is 1. The van der Waals surface area contributed by atoms with Crippen LogP contribution >= 0.6 is 31.9 Å². The topological polar surface area (TPSA) is 41.1 Å². The number of anilines is 1. The molecule has 0 aliphatic heterocycles. The van der Waals surface area contributed by atoms with Crippen LogP contribution in [0.1, 0.15) is 15.9 Å². The van der Waals surface area contributed by atoms with E-state index < -0.39 is 0 Å². The molecule has 2 N–H and O–H groups in total. The minimum absolute atomic E-state index is 0.0968. The molecule has 0 aliphatic rings. The van der Waals surface area contributed by atoms with Crippen LogP contribution in [0.25, 0.3) is 0 Å². The Morgan fingerprint density at radius 2 is 1.90 bits per heavy atom. The Balaban J connectivity index is 2.22. The Labute approximate surface area is 141 Å². The van der Waals surface area contributed by atoms with Gasteiger partial charge in [0.2, 0.25) is 0 Å². The smallest absolute Gasteiger partial charge is 0.255 e. The van der Waals surface area contributed by atoms with Gasteiger partial charge in [0.05, 0.1) is 5.69 Å². The summed E-state index contributed by atoms with van der Waals surface area (Å²) in [5, 5.41) is 6.05. The van der Waals surface area contributed by atoms with E-state index in [0.717, 1.165) is 33.2 Å². The summed E-state index contributed by atoms with van der Waals surface area (Å²) in [7, 11) is 1.90. The van der Waals surface area contributed by atoms with Crippen LogP contribution in [0.15, 0.2) is 51.4 Å². The fraction of sp³-hybridized carbons (Fsp3) is 0.188. The summed E-state index contributed by atoms with van der Waals surface area (Å²) in [5.41, 5.74) is 2.49. The molecule has 0 atom stereocenters. The average Bonchev–Trinajstić information content (AvgIpc) is 2.49. The second-order valence-corrected chi connectivity index (χ2v) is 6.36. The van der Waals surface area contributed by atoms with Gasteiger partial charge in [0, 0.05) is 14.5 Å². The number of carbonyl (C=O) groups excluding carboxylic acids is 1. The lowest BCUT2D eigenvalue weighted by molar-refractivity contribution is 0.102. The van der Waals surface area contributed by atoms with E-state index in [0.29, 0.717) is 5.56 Å². The van der Waals surface area contributed by atoms with Gasteiger partial charge in [0.25, 0.3) is 5.91 Å². The predicted octanol–water partition coefficient (Wildman–Crippen LogP) is 4.23. The first kappa shape index (κ1) is 16.2. The van der Waals surface area contributed by atoms with Crippen LogP contribution in [0.5, 0.6) is 0 Å². The van der Waals surface area contributed by atoms with Gasteiger partial charge in [0.1, 0.15) is 0 Å². The number of benzene rings is 2. The molecule has 21 heavy (non-hydrogen) atoms. The van der Waals surface area contributed by atoms with E-state index in [1.807, 2.05) is 49.5 Å². The first-order valence-corrected chi connectivity index (χ1v) is 8.19. The highest BCUT2D eigenvalue weighted by molar-refractivity contribution is 9.11. The van der Waals surface area contributed by atoms with Crippen LogP contribution in [0, 0.1) is 0 Å². The van der Waals surface area contributed by atoms with Crippen LogP contribution in [0.4, 0.5) is 5.69 Å². The Kier molecular flexibility index (Phi) is 5.96. The fourth-order valence-electron chi connectivity index (χ4n) is 2.00. The number of hydrogen-bond acceptors (Lipinski definition) is 2. The molecule has 110 valence electrons. The van der Waals surface area contributed by atoms with E-state index in [9.17, 15) is 4.79 Å². The molecule has 0 saturated heterocycles. The number of hydrogen-bond donors (Lipinski definition) is 2. The summed E-state index contributed by atoms with van der Waals surface area (Å²) < 4.78 is 1.77. The van der Waals surface area contributed by atoms with Crippen molar-refractivity contribution >= 4 is 43.5 Å². The highest BCUT2D eigenvalue weighted by Gasteiger charge is 2.12. The molecule has 0 heterocycles. The molecular formula is C16H16Br2N2O. The van der Waals surface area contributed by atoms with E-state index in [-0.39, 0.29) is 5.91 Å². The summed E-state index contributed by atoms with van der Waals surface area (Å²) in [6.45, 7) is 0.838. The third-order valence-corrected chi connectivity index (χ3v) is 4.27. The zero-order valence-corrected chi connectivity index (χ0v) is 14.8. The summed E-state index contributed by atoms with van der Waals surface area (Å²) in [4.78, 5) is 12.5. The van der Waals surface area contributed by atoms with Crippen molar-refractivity contribution in [2.45, 2.75) is 6.42 Å². The maximum Gasteiger partial charge on any atom is 0.255 e. The number of rotatable bonds is 5. The van der Waals surface area contributed by atoms with Gasteiger partial charge in [-0.25, -0.2) is 0 Å². The summed E-state index contributed by atoms with van der Waals surface area (Å²) in [6, 6.07) is 13.4. The SMILES string of the molecule is CNCCc1ccccc1C(=O)Nc1cc(Br)ccc1Br. The average molecular weight is 412 g/mol. The molecule has 1 amide bonds. The van der Waals surface area contributed by atoms with Gasteiger partial charge in [0.15, 0.2) is 0 Å². The minimum Gasteiger partial charge on any atom is -0.321 e. The van der Waals surface area contributed by atoms with Crippen molar-refractivity contribution in [3.8, 4) is 0 Å². The molecule has 0 bridgehead atoms. The largest absolute Gasteiger partial charge is 0.321 e. The lowest BCUT2D eigenvalue weighted by Gasteiger charge is -2.11. The number of likely N-dealkylation sites (N-methyl/N-ethyl adjacent to an activating group) is 1. The lowest BCUT2D eigenvalue weighted by atomic mass is 10.0. The molecule has 0 spiro atoms. The quantitative estimate of drug-likeness (QED) is 0.772. The van der Waals surface area contributed by atoms with Crippen molar-refractivity contribution in [2.24, 2.45) is 0 Å². The first-order chi connectivity index (χ1) is 10.1. The van der Waals surface area contributed by atoms with Gasteiger partial charge in [-0.15, -0.1) is 0 Å². The zero-order valence-electron chi connectivity index (χ0n) is 11.6. The maximum atomic E-state index is 12.5. The van der Waals surface area contributed by atoms with Crippen molar-refractivity contribution in [3.05, 3.63) is 62.5 Å². The van der Waals surface area contributed by atoms with Crippen LogP contribution < -0.4 is 10.6 Å². The molecular weight excluding hydrogens is 396 g/mol. The summed E-state index contributed by atoms with van der Waals surface area (Å²) in [6.07, 6.45) is 0.819. The van der Waals surface area contributed by atoms with Gasteiger partial charge in [-0.3, -0.25) is 4.79 Å². The molecule has 0 radical (unpaired) electrons. The number of halogens is 2. The van der Waals surface area contributed by atoms with Crippen LogP contribution in [-0.2, 0) is 6.42 Å². The summed E-state index contributed by atoms with van der Waals surface area (Å²) >= 11 is 6.86. The number of amides is 1. The third-order valence-electron chi connectivity index (χ3n) is 3.08. The highest BCUT2D eigenvalue weighted by Crippen LogP contribution is 2.27. The Hall–Kier alpha value is -1.17. The van der Waals surface area contributed by atoms with Crippen molar-refractivity contribution < 1.29 is 4.79 Å². The van der Waals surface area contributed by atoms with Gasteiger partial charge in [-0.05, 0) is 65.8 Å². The van der Waals surface area contributed by atoms with Gasteiger partial charge < -0.3 is 10.6 Å². The lowest BCUT2D eigenvalue weighted by Crippen LogP contribution is -2.17. The Morgan fingerprint density at radius 1 is 1.14 bits per heavy atom. The van der Waals surface area contributed by atoms with Crippen LogP contribution in [0.2, 0.25) is 0 Å². The Morgan fingerprint density at radius 3 is 2.67 bits per heavy atom. The van der Waals surface area contributed by atoms with E-state index >= 15 is 0 Å². The van der Waals surface area contributed by atoms with Crippen LogP contribution in [-0.4, -0.2) is 19.5 Å². The standard InChI is InChI=1S/C16H16Br2N2O/c1-19-9-8-11-4-2-3-5-13(11)16(21)20-15-10-12(17)6-7-14(15)18/h2-7,10,19H,8-9H2,1H3,(H,20,21). The molecule has 2 aromatic rings. The molecule has 0 fully saturated rings. The van der Waals surface area contributed by atoms with E-state index in [1.165, 1.54) is 0 Å².